The summed E-state index contributed by atoms with van der Waals surface area (Å²) in [4.78, 5) is 2.45. The van der Waals surface area contributed by atoms with E-state index in [1.807, 2.05) is 17.9 Å². The molecule has 5 heteroatoms. The molecular weight excluding hydrogens is 240 g/mol. The number of aryl methyl sites for hydroxylation is 1. The van der Waals surface area contributed by atoms with Crippen molar-refractivity contribution in [3.63, 3.8) is 0 Å². The van der Waals surface area contributed by atoms with Crippen molar-refractivity contribution in [1.29, 1.82) is 0 Å². The lowest BCUT2D eigenvalue weighted by Gasteiger charge is -2.36. The van der Waals surface area contributed by atoms with Crippen molar-refractivity contribution in [1.82, 2.24) is 20.0 Å². The van der Waals surface area contributed by atoms with E-state index in [1.54, 1.807) is 0 Å². The standard InChI is InChI=1S/C14H26N4O/c1-4-17-6-7-19-14(11-17)13(15-3)8-12-9-16-18(5-2)10-12/h9-10,13-15H,4-8,11H2,1-3H3. The molecule has 1 aliphatic rings. The van der Waals surface area contributed by atoms with Crippen LogP contribution in [-0.2, 0) is 17.7 Å². The molecule has 1 aliphatic heterocycles. The van der Waals surface area contributed by atoms with Gasteiger partial charge in [-0.15, -0.1) is 0 Å². The molecule has 2 heterocycles. The fourth-order valence-electron chi connectivity index (χ4n) is 2.62. The molecule has 0 radical (unpaired) electrons. The third-order valence-electron chi connectivity index (χ3n) is 3.91. The van der Waals surface area contributed by atoms with Crippen LogP contribution in [0.4, 0.5) is 0 Å². The number of hydrogen-bond acceptors (Lipinski definition) is 4. The first-order valence-electron chi connectivity index (χ1n) is 7.29. The third-order valence-corrected chi connectivity index (χ3v) is 3.91. The van der Waals surface area contributed by atoms with E-state index in [-0.39, 0.29) is 6.10 Å². The van der Waals surface area contributed by atoms with Gasteiger partial charge >= 0.3 is 0 Å². The second-order valence-electron chi connectivity index (χ2n) is 5.11. The van der Waals surface area contributed by atoms with Gasteiger partial charge in [-0.25, -0.2) is 0 Å². The maximum absolute atomic E-state index is 5.94. The SMILES string of the molecule is CCN1CCOC(C(Cc2cnn(CC)c2)NC)C1. The Morgan fingerprint density at radius 3 is 2.95 bits per heavy atom. The third kappa shape index (κ3) is 3.78. The molecule has 0 spiro atoms. The van der Waals surface area contributed by atoms with Crippen LogP contribution in [0.25, 0.3) is 0 Å². The molecule has 0 aromatic carbocycles. The highest BCUT2D eigenvalue weighted by Crippen LogP contribution is 2.13. The molecule has 2 atom stereocenters. The number of ether oxygens (including phenoxy) is 1. The zero-order chi connectivity index (χ0) is 13.7. The molecule has 2 rings (SSSR count). The lowest BCUT2D eigenvalue weighted by atomic mass is 10.0. The molecule has 1 saturated heterocycles. The van der Waals surface area contributed by atoms with Gasteiger partial charge in [-0.2, -0.15) is 5.10 Å². The van der Waals surface area contributed by atoms with Gasteiger partial charge in [-0.1, -0.05) is 6.92 Å². The van der Waals surface area contributed by atoms with Crippen molar-refractivity contribution >= 4 is 0 Å². The van der Waals surface area contributed by atoms with Crippen LogP contribution in [0.5, 0.6) is 0 Å². The molecule has 2 unspecified atom stereocenters. The number of aromatic nitrogens is 2. The zero-order valence-corrected chi connectivity index (χ0v) is 12.3. The zero-order valence-electron chi connectivity index (χ0n) is 12.3. The van der Waals surface area contributed by atoms with E-state index in [1.165, 1.54) is 5.56 Å². The maximum Gasteiger partial charge on any atom is 0.0858 e. The van der Waals surface area contributed by atoms with Gasteiger partial charge in [-0.05, 0) is 32.5 Å². The van der Waals surface area contributed by atoms with Gasteiger partial charge < -0.3 is 10.1 Å². The summed E-state index contributed by atoms with van der Waals surface area (Å²) < 4.78 is 7.91. The van der Waals surface area contributed by atoms with E-state index < -0.39 is 0 Å². The molecule has 1 fully saturated rings. The van der Waals surface area contributed by atoms with Gasteiger partial charge in [0.05, 0.1) is 18.9 Å². The predicted molar refractivity (Wildman–Crippen MR) is 76.3 cm³/mol. The Labute approximate surface area is 115 Å². The van der Waals surface area contributed by atoms with Gasteiger partial charge in [-0.3, -0.25) is 9.58 Å². The number of nitrogens with one attached hydrogen (secondary N) is 1. The van der Waals surface area contributed by atoms with Crippen molar-refractivity contribution in [2.24, 2.45) is 0 Å². The highest BCUT2D eigenvalue weighted by molar-refractivity contribution is 5.07. The quantitative estimate of drug-likeness (QED) is 0.825. The minimum Gasteiger partial charge on any atom is -0.374 e. The van der Waals surface area contributed by atoms with E-state index in [4.69, 9.17) is 4.74 Å². The summed E-state index contributed by atoms with van der Waals surface area (Å²) >= 11 is 0. The van der Waals surface area contributed by atoms with Crippen molar-refractivity contribution in [3.05, 3.63) is 18.0 Å². The minimum atomic E-state index is 0.267. The number of rotatable bonds is 6. The van der Waals surface area contributed by atoms with Crippen LogP contribution in [0, 0.1) is 0 Å². The Morgan fingerprint density at radius 2 is 2.32 bits per heavy atom. The largest absolute Gasteiger partial charge is 0.374 e. The van der Waals surface area contributed by atoms with Gasteiger partial charge in [0.2, 0.25) is 0 Å². The van der Waals surface area contributed by atoms with Crippen molar-refractivity contribution in [2.75, 3.05) is 33.3 Å². The smallest absolute Gasteiger partial charge is 0.0858 e. The van der Waals surface area contributed by atoms with Gasteiger partial charge in [0, 0.05) is 31.9 Å². The molecule has 0 saturated carbocycles. The average Bonchev–Trinajstić information content (AvgIpc) is 2.92. The molecule has 1 aromatic rings. The van der Waals surface area contributed by atoms with Crippen molar-refractivity contribution < 1.29 is 4.74 Å². The van der Waals surface area contributed by atoms with Gasteiger partial charge in [0.1, 0.15) is 0 Å². The maximum atomic E-state index is 5.94. The van der Waals surface area contributed by atoms with Gasteiger partial charge in [0.15, 0.2) is 0 Å². The second kappa shape index (κ2) is 7.03. The van der Waals surface area contributed by atoms with Gasteiger partial charge in [0.25, 0.3) is 0 Å². The fourth-order valence-corrected chi connectivity index (χ4v) is 2.62. The Bertz CT molecular complexity index is 379. The highest BCUT2D eigenvalue weighted by atomic mass is 16.5. The summed E-state index contributed by atoms with van der Waals surface area (Å²) in [6, 6.07) is 0.351. The lowest BCUT2D eigenvalue weighted by molar-refractivity contribution is -0.0436. The van der Waals surface area contributed by atoms with E-state index in [0.717, 1.165) is 39.2 Å². The number of likely N-dealkylation sites (N-methyl/N-ethyl adjacent to an activating group) is 2. The Kier molecular flexibility index (Phi) is 5.36. The van der Waals surface area contributed by atoms with Crippen LogP contribution in [0.15, 0.2) is 12.4 Å². The molecule has 0 aliphatic carbocycles. The molecule has 0 bridgehead atoms. The monoisotopic (exact) mass is 266 g/mol. The van der Waals surface area contributed by atoms with Crippen molar-refractivity contribution in [2.45, 2.75) is 39.0 Å². The summed E-state index contributed by atoms with van der Waals surface area (Å²) in [5.41, 5.74) is 1.28. The second-order valence-corrected chi connectivity index (χ2v) is 5.11. The molecule has 108 valence electrons. The van der Waals surface area contributed by atoms with E-state index in [2.05, 4.69) is 35.4 Å². The summed E-state index contributed by atoms with van der Waals surface area (Å²) in [6.45, 7) is 9.25. The molecule has 1 N–H and O–H groups in total. The van der Waals surface area contributed by atoms with E-state index >= 15 is 0 Å². The number of morpholine rings is 1. The first-order chi connectivity index (χ1) is 9.26. The Morgan fingerprint density at radius 1 is 1.47 bits per heavy atom. The van der Waals surface area contributed by atoms with Crippen molar-refractivity contribution in [3.8, 4) is 0 Å². The average molecular weight is 266 g/mol. The fraction of sp³-hybridized carbons (Fsp3) is 0.786. The highest BCUT2D eigenvalue weighted by Gasteiger charge is 2.26. The lowest BCUT2D eigenvalue weighted by Crippen LogP contribution is -2.52. The van der Waals surface area contributed by atoms with E-state index in [9.17, 15) is 0 Å². The Hall–Kier alpha value is -0.910. The Balaban J connectivity index is 1.95. The number of hydrogen-bond donors (Lipinski definition) is 1. The minimum absolute atomic E-state index is 0.267. The first kappa shape index (κ1) is 14.5. The molecular formula is C14H26N4O. The van der Waals surface area contributed by atoms with Crippen LogP contribution in [0.2, 0.25) is 0 Å². The predicted octanol–water partition coefficient (Wildman–Crippen LogP) is 0.754. The summed E-state index contributed by atoms with van der Waals surface area (Å²) in [5, 5.41) is 7.74. The molecule has 19 heavy (non-hydrogen) atoms. The van der Waals surface area contributed by atoms with Crippen LogP contribution < -0.4 is 5.32 Å². The summed E-state index contributed by atoms with van der Waals surface area (Å²) in [6.07, 6.45) is 5.33. The molecule has 1 aromatic heterocycles. The van der Waals surface area contributed by atoms with Crippen LogP contribution in [0.3, 0.4) is 0 Å². The summed E-state index contributed by atoms with van der Waals surface area (Å²) in [7, 11) is 2.02. The number of nitrogens with zero attached hydrogens (tertiary/aromatic N) is 3. The van der Waals surface area contributed by atoms with E-state index in [0.29, 0.717) is 6.04 Å². The normalized spacial score (nSPS) is 22.6. The topological polar surface area (TPSA) is 42.3 Å². The molecule has 5 nitrogen and oxygen atoms in total. The molecule has 0 amide bonds. The van der Waals surface area contributed by atoms with Crippen LogP contribution >= 0.6 is 0 Å². The van der Waals surface area contributed by atoms with Crippen LogP contribution in [0.1, 0.15) is 19.4 Å². The first-order valence-corrected chi connectivity index (χ1v) is 7.29. The summed E-state index contributed by atoms with van der Waals surface area (Å²) in [5.74, 6) is 0. The van der Waals surface area contributed by atoms with Crippen LogP contribution in [-0.4, -0.2) is 60.1 Å².